The van der Waals surface area contributed by atoms with Crippen LogP contribution in [-0.4, -0.2) is 63.8 Å². The Hall–Kier alpha value is -2.75. The number of carbonyl (C=O) groups excluding carboxylic acids is 4. The van der Waals surface area contributed by atoms with Gasteiger partial charge in [0.2, 0.25) is 11.8 Å². The lowest BCUT2D eigenvalue weighted by Crippen LogP contribution is -2.58. The van der Waals surface area contributed by atoms with Gasteiger partial charge in [0.25, 0.3) is 5.91 Å². The Labute approximate surface area is 144 Å². The highest BCUT2D eigenvalue weighted by molar-refractivity contribution is 6.04. The highest BCUT2D eigenvalue weighted by Gasteiger charge is 2.37. The van der Waals surface area contributed by atoms with Crippen LogP contribution in [0.1, 0.15) is 25.5 Å². The zero-order chi connectivity index (χ0) is 18.4. The van der Waals surface area contributed by atoms with E-state index in [9.17, 15) is 19.2 Å². The standard InChI is InChI=1S/C15H21N5O5/c1-2-25-13(22)7-20-12(21)4-3-11(15(20)24)19-14(23)10(16)5-9-6-17-8-18-9/h6,8,10-11H,2-5,7,16H2,1H3,(H,17,18)(H,19,23)/t10-,11-/m0/s1. The molecule has 10 heteroatoms. The molecule has 1 aromatic heterocycles. The molecule has 0 saturated carbocycles. The third-order valence-electron chi connectivity index (χ3n) is 3.75. The number of esters is 1. The summed E-state index contributed by atoms with van der Waals surface area (Å²) < 4.78 is 4.75. The SMILES string of the molecule is CCOC(=O)CN1C(=O)CC[C@H](NC(=O)[C@@H](N)Cc2cnc[nH]2)C1=O. The van der Waals surface area contributed by atoms with Crippen LogP contribution < -0.4 is 11.1 Å². The summed E-state index contributed by atoms with van der Waals surface area (Å²) in [6.45, 7) is 1.32. The molecule has 2 atom stereocenters. The van der Waals surface area contributed by atoms with Gasteiger partial charge in [0.15, 0.2) is 0 Å². The van der Waals surface area contributed by atoms with Gasteiger partial charge in [0, 0.05) is 24.7 Å². The summed E-state index contributed by atoms with van der Waals surface area (Å²) in [7, 11) is 0. The largest absolute Gasteiger partial charge is 0.465 e. The molecular weight excluding hydrogens is 330 g/mol. The predicted octanol–water partition coefficient (Wildman–Crippen LogP) is -1.52. The van der Waals surface area contributed by atoms with Crippen molar-refractivity contribution in [3.63, 3.8) is 0 Å². The van der Waals surface area contributed by atoms with Crippen LogP contribution in [0.4, 0.5) is 0 Å². The summed E-state index contributed by atoms with van der Waals surface area (Å²) in [5.74, 6) is -2.29. The van der Waals surface area contributed by atoms with Crippen molar-refractivity contribution in [2.24, 2.45) is 5.73 Å². The van der Waals surface area contributed by atoms with Gasteiger partial charge in [-0.15, -0.1) is 0 Å². The molecule has 0 radical (unpaired) electrons. The lowest BCUT2D eigenvalue weighted by molar-refractivity contribution is -0.158. The van der Waals surface area contributed by atoms with Gasteiger partial charge in [-0.2, -0.15) is 0 Å². The molecule has 3 amide bonds. The van der Waals surface area contributed by atoms with E-state index in [0.717, 1.165) is 4.90 Å². The molecule has 0 bridgehead atoms. The van der Waals surface area contributed by atoms with E-state index >= 15 is 0 Å². The van der Waals surface area contributed by atoms with Crippen molar-refractivity contribution in [3.8, 4) is 0 Å². The van der Waals surface area contributed by atoms with Gasteiger partial charge in [0.05, 0.1) is 19.0 Å². The summed E-state index contributed by atoms with van der Waals surface area (Å²) in [6, 6.07) is -1.77. The Bertz CT molecular complexity index is 645. The molecule has 1 saturated heterocycles. The number of hydrogen-bond donors (Lipinski definition) is 3. The molecular formula is C15H21N5O5. The molecule has 25 heavy (non-hydrogen) atoms. The summed E-state index contributed by atoms with van der Waals surface area (Å²) in [5.41, 5.74) is 6.52. The summed E-state index contributed by atoms with van der Waals surface area (Å²) in [6.07, 6.45) is 3.48. The highest BCUT2D eigenvalue weighted by Crippen LogP contribution is 2.14. The fraction of sp³-hybridized carbons (Fsp3) is 0.533. The van der Waals surface area contributed by atoms with Crippen molar-refractivity contribution < 1.29 is 23.9 Å². The number of nitrogens with one attached hydrogen (secondary N) is 2. The van der Waals surface area contributed by atoms with Crippen LogP contribution in [-0.2, 0) is 30.3 Å². The predicted molar refractivity (Wildman–Crippen MR) is 84.8 cm³/mol. The number of piperidine rings is 1. The first-order valence-corrected chi connectivity index (χ1v) is 7.95. The maximum atomic E-state index is 12.4. The van der Waals surface area contributed by atoms with Crippen LogP contribution in [0.5, 0.6) is 0 Å². The van der Waals surface area contributed by atoms with Gasteiger partial charge in [-0.3, -0.25) is 24.1 Å². The third-order valence-corrected chi connectivity index (χ3v) is 3.75. The van der Waals surface area contributed by atoms with Crippen molar-refractivity contribution in [3.05, 3.63) is 18.2 Å². The second-order valence-corrected chi connectivity index (χ2v) is 5.61. The molecule has 2 rings (SSSR count). The van der Waals surface area contributed by atoms with E-state index in [1.54, 1.807) is 13.1 Å². The summed E-state index contributed by atoms with van der Waals surface area (Å²) in [4.78, 5) is 55.4. The summed E-state index contributed by atoms with van der Waals surface area (Å²) in [5, 5.41) is 2.54. The van der Waals surface area contributed by atoms with Crippen LogP contribution in [0.25, 0.3) is 0 Å². The second kappa shape index (κ2) is 8.38. The number of likely N-dealkylation sites (tertiary alicyclic amines) is 1. The Morgan fingerprint density at radius 2 is 2.28 bits per heavy atom. The quantitative estimate of drug-likeness (QED) is 0.399. The molecule has 10 nitrogen and oxygen atoms in total. The lowest BCUT2D eigenvalue weighted by atomic mass is 10.0. The lowest BCUT2D eigenvalue weighted by Gasteiger charge is -2.30. The molecule has 0 aliphatic carbocycles. The van der Waals surface area contributed by atoms with Gasteiger partial charge in [-0.1, -0.05) is 0 Å². The van der Waals surface area contributed by atoms with Crippen LogP contribution in [0.3, 0.4) is 0 Å². The average Bonchev–Trinajstić information content (AvgIpc) is 3.07. The molecule has 4 N–H and O–H groups in total. The van der Waals surface area contributed by atoms with Crippen molar-refractivity contribution in [1.29, 1.82) is 0 Å². The van der Waals surface area contributed by atoms with E-state index in [2.05, 4.69) is 15.3 Å². The van der Waals surface area contributed by atoms with Gasteiger partial charge in [-0.25, -0.2) is 4.98 Å². The van der Waals surface area contributed by atoms with E-state index in [-0.39, 0.29) is 25.9 Å². The highest BCUT2D eigenvalue weighted by atomic mass is 16.5. The molecule has 1 aliphatic heterocycles. The zero-order valence-corrected chi connectivity index (χ0v) is 13.9. The Balaban J connectivity index is 1.94. The number of carbonyl (C=O) groups is 4. The first kappa shape index (κ1) is 18.6. The Morgan fingerprint density at radius 3 is 2.92 bits per heavy atom. The smallest absolute Gasteiger partial charge is 0.326 e. The Morgan fingerprint density at radius 1 is 1.52 bits per heavy atom. The second-order valence-electron chi connectivity index (χ2n) is 5.61. The molecule has 1 aliphatic rings. The number of rotatable bonds is 7. The van der Waals surface area contributed by atoms with Crippen molar-refractivity contribution in [2.75, 3.05) is 13.2 Å². The van der Waals surface area contributed by atoms with E-state index in [1.807, 2.05) is 0 Å². The first-order valence-electron chi connectivity index (χ1n) is 7.95. The van der Waals surface area contributed by atoms with Gasteiger partial charge in [0.1, 0.15) is 12.6 Å². The normalized spacial score (nSPS) is 18.8. The third kappa shape index (κ3) is 4.86. The first-order chi connectivity index (χ1) is 11.9. The fourth-order valence-corrected chi connectivity index (χ4v) is 2.48. The molecule has 0 unspecified atom stereocenters. The monoisotopic (exact) mass is 351 g/mol. The van der Waals surface area contributed by atoms with Crippen LogP contribution in [0.15, 0.2) is 12.5 Å². The number of ether oxygens (including phenoxy) is 1. The molecule has 2 heterocycles. The van der Waals surface area contributed by atoms with E-state index in [0.29, 0.717) is 5.69 Å². The van der Waals surface area contributed by atoms with Gasteiger partial charge < -0.3 is 20.8 Å². The van der Waals surface area contributed by atoms with Crippen molar-refractivity contribution in [1.82, 2.24) is 20.2 Å². The maximum absolute atomic E-state index is 12.4. The molecule has 0 aromatic carbocycles. The molecule has 1 fully saturated rings. The minimum Gasteiger partial charge on any atom is -0.465 e. The topological polar surface area (TPSA) is 147 Å². The molecule has 0 spiro atoms. The number of imidazole rings is 1. The average molecular weight is 351 g/mol. The zero-order valence-electron chi connectivity index (χ0n) is 13.9. The number of amides is 3. The Kier molecular flexibility index (Phi) is 6.23. The number of nitrogens with two attached hydrogens (primary N) is 1. The minimum absolute atomic E-state index is 0.0475. The number of aromatic nitrogens is 2. The number of hydrogen-bond acceptors (Lipinski definition) is 7. The van der Waals surface area contributed by atoms with Gasteiger partial charge >= 0.3 is 5.97 Å². The van der Waals surface area contributed by atoms with E-state index in [4.69, 9.17) is 10.5 Å². The molecule has 1 aromatic rings. The number of aromatic amines is 1. The van der Waals surface area contributed by atoms with Crippen molar-refractivity contribution in [2.45, 2.75) is 38.3 Å². The maximum Gasteiger partial charge on any atom is 0.326 e. The fourth-order valence-electron chi connectivity index (χ4n) is 2.48. The molecule has 136 valence electrons. The number of H-pyrrole nitrogens is 1. The summed E-state index contributed by atoms with van der Waals surface area (Å²) >= 11 is 0. The number of imide groups is 1. The van der Waals surface area contributed by atoms with Crippen LogP contribution in [0.2, 0.25) is 0 Å². The van der Waals surface area contributed by atoms with Crippen LogP contribution in [0, 0.1) is 0 Å². The van der Waals surface area contributed by atoms with Gasteiger partial charge in [-0.05, 0) is 13.3 Å². The van der Waals surface area contributed by atoms with E-state index in [1.165, 1.54) is 6.33 Å². The van der Waals surface area contributed by atoms with Crippen LogP contribution >= 0.6 is 0 Å². The minimum atomic E-state index is -0.896. The van der Waals surface area contributed by atoms with Crippen molar-refractivity contribution >= 4 is 23.7 Å². The number of nitrogens with zero attached hydrogens (tertiary/aromatic N) is 2. The van der Waals surface area contributed by atoms with E-state index < -0.39 is 42.3 Å².